The Morgan fingerprint density at radius 1 is 1.29 bits per heavy atom. The average Bonchev–Trinajstić information content (AvgIpc) is 3.10. The van der Waals surface area contributed by atoms with E-state index in [9.17, 15) is 14.9 Å². The molecule has 0 unspecified atom stereocenters. The van der Waals surface area contributed by atoms with Crippen LogP contribution in [0.4, 0.5) is 11.4 Å². The number of halogens is 1. The van der Waals surface area contributed by atoms with E-state index >= 15 is 0 Å². The maximum atomic E-state index is 12.3. The lowest BCUT2D eigenvalue weighted by Crippen LogP contribution is -2.15. The molecule has 0 atom stereocenters. The fourth-order valence-corrected chi connectivity index (χ4v) is 3.54. The first kappa shape index (κ1) is 19.8. The molecule has 1 heterocycles. The first-order chi connectivity index (χ1) is 13.3. The van der Waals surface area contributed by atoms with Crippen molar-refractivity contribution in [3.63, 3.8) is 0 Å². The minimum atomic E-state index is -0.548. The number of rotatable bonds is 6. The molecule has 0 spiro atoms. The number of thioether (sulfide) groups is 1. The van der Waals surface area contributed by atoms with Crippen molar-refractivity contribution in [1.29, 1.82) is 0 Å². The van der Waals surface area contributed by atoms with E-state index in [1.165, 1.54) is 30.0 Å². The second kappa shape index (κ2) is 8.41. The molecular weight excluding hydrogens is 402 g/mol. The van der Waals surface area contributed by atoms with E-state index in [0.29, 0.717) is 10.8 Å². The van der Waals surface area contributed by atoms with Gasteiger partial charge in [0.2, 0.25) is 5.91 Å². The summed E-state index contributed by atoms with van der Waals surface area (Å²) >= 11 is 7.23. The Balaban J connectivity index is 1.68. The third-order valence-electron chi connectivity index (χ3n) is 3.90. The van der Waals surface area contributed by atoms with E-state index in [1.807, 2.05) is 30.5 Å². The lowest BCUT2D eigenvalue weighted by atomic mass is 10.1. The number of nitro groups is 1. The van der Waals surface area contributed by atoms with Gasteiger partial charge in [-0.15, -0.1) is 10.2 Å². The summed E-state index contributed by atoms with van der Waals surface area (Å²) in [5.74, 6) is -0.229. The van der Waals surface area contributed by atoms with Gasteiger partial charge in [0.15, 0.2) is 5.16 Å². The van der Waals surface area contributed by atoms with Crippen molar-refractivity contribution in [2.24, 2.45) is 0 Å². The van der Waals surface area contributed by atoms with Crippen LogP contribution in [0.1, 0.15) is 11.1 Å². The zero-order valence-corrected chi connectivity index (χ0v) is 16.6. The van der Waals surface area contributed by atoms with Crippen LogP contribution in [-0.4, -0.2) is 31.3 Å². The van der Waals surface area contributed by atoms with Crippen LogP contribution in [0, 0.1) is 24.0 Å². The molecule has 10 heteroatoms. The highest BCUT2D eigenvalue weighted by atomic mass is 35.5. The Labute approximate surface area is 170 Å². The molecule has 0 aliphatic rings. The lowest BCUT2D eigenvalue weighted by molar-refractivity contribution is -0.384. The fourth-order valence-electron chi connectivity index (χ4n) is 2.60. The quantitative estimate of drug-likeness (QED) is 0.366. The summed E-state index contributed by atoms with van der Waals surface area (Å²) in [5.41, 5.74) is 3.34. The molecule has 3 rings (SSSR count). The van der Waals surface area contributed by atoms with Crippen molar-refractivity contribution in [2.75, 3.05) is 11.1 Å². The van der Waals surface area contributed by atoms with Gasteiger partial charge in [-0.05, 0) is 31.5 Å². The number of nitrogens with zero attached hydrogens (tertiary/aromatic N) is 4. The molecule has 1 N–H and O–H groups in total. The molecule has 0 saturated heterocycles. The van der Waals surface area contributed by atoms with Crippen LogP contribution < -0.4 is 5.32 Å². The maximum absolute atomic E-state index is 12.3. The second-order valence-electron chi connectivity index (χ2n) is 6.03. The average molecular weight is 418 g/mol. The van der Waals surface area contributed by atoms with Crippen LogP contribution in [0.15, 0.2) is 47.9 Å². The zero-order chi connectivity index (χ0) is 20.3. The third-order valence-corrected chi connectivity index (χ3v) is 5.15. The Kier molecular flexibility index (Phi) is 5.96. The standard InChI is InChI=1S/C18H16ClN5O3S/c1-11-3-6-16(12(2)7-11)23-10-20-22-18(23)28-9-17(25)21-15-5-4-13(24(26)27)8-14(15)19/h3-8,10H,9H2,1-2H3,(H,21,25). The van der Waals surface area contributed by atoms with Crippen molar-refractivity contribution in [3.8, 4) is 5.69 Å². The SMILES string of the molecule is Cc1ccc(-n2cnnc2SCC(=O)Nc2ccc([N+](=O)[O-])cc2Cl)c(C)c1. The highest BCUT2D eigenvalue weighted by Gasteiger charge is 2.14. The molecule has 8 nitrogen and oxygen atoms in total. The van der Waals surface area contributed by atoms with E-state index in [1.54, 1.807) is 6.33 Å². The smallest absolute Gasteiger partial charge is 0.271 e. The summed E-state index contributed by atoms with van der Waals surface area (Å²) in [4.78, 5) is 22.5. The minimum absolute atomic E-state index is 0.0803. The second-order valence-corrected chi connectivity index (χ2v) is 7.38. The van der Waals surface area contributed by atoms with Crippen LogP contribution in [0.2, 0.25) is 5.02 Å². The first-order valence-electron chi connectivity index (χ1n) is 8.19. The zero-order valence-electron chi connectivity index (χ0n) is 15.0. The van der Waals surface area contributed by atoms with Crippen molar-refractivity contribution in [3.05, 3.63) is 69.0 Å². The van der Waals surface area contributed by atoms with Gasteiger partial charge in [0, 0.05) is 12.1 Å². The number of amides is 1. The van der Waals surface area contributed by atoms with E-state index in [-0.39, 0.29) is 22.4 Å². The van der Waals surface area contributed by atoms with Gasteiger partial charge in [-0.3, -0.25) is 19.5 Å². The number of anilines is 1. The number of nitrogens with one attached hydrogen (secondary N) is 1. The van der Waals surface area contributed by atoms with E-state index in [2.05, 4.69) is 21.6 Å². The van der Waals surface area contributed by atoms with Gasteiger partial charge in [-0.25, -0.2) is 0 Å². The van der Waals surface area contributed by atoms with Crippen LogP contribution >= 0.6 is 23.4 Å². The van der Waals surface area contributed by atoms with Crippen molar-refractivity contribution in [2.45, 2.75) is 19.0 Å². The minimum Gasteiger partial charge on any atom is -0.324 e. The molecule has 2 aromatic carbocycles. The normalized spacial score (nSPS) is 10.7. The summed E-state index contributed by atoms with van der Waals surface area (Å²) in [5, 5.41) is 22.1. The fraction of sp³-hybridized carbons (Fsp3) is 0.167. The van der Waals surface area contributed by atoms with E-state index in [4.69, 9.17) is 11.6 Å². The molecule has 3 aromatic rings. The van der Waals surface area contributed by atoms with Gasteiger partial charge >= 0.3 is 0 Å². The number of non-ortho nitro benzene ring substituents is 1. The molecule has 144 valence electrons. The number of nitro benzene ring substituents is 1. The Bertz CT molecular complexity index is 1050. The molecule has 0 saturated carbocycles. The number of carbonyl (C=O) groups excluding carboxylic acids is 1. The molecule has 0 bridgehead atoms. The Hall–Kier alpha value is -2.91. The molecule has 1 amide bonds. The molecule has 0 fully saturated rings. The summed E-state index contributed by atoms with van der Waals surface area (Å²) in [6, 6.07) is 9.93. The summed E-state index contributed by atoms with van der Waals surface area (Å²) in [6.07, 6.45) is 1.60. The predicted molar refractivity (Wildman–Crippen MR) is 108 cm³/mol. The van der Waals surface area contributed by atoms with Crippen LogP contribution in [0.3, 0.4) is 0 Å². The summed E-state index contributed by atoms with van der Waals surface area (Å²) < 4.78 is 1.82. The molecule has 1 aromatic heterocycles. The molecule has 0 aliphatic heterocycles. The van der Waals surface area contributed by atoms with Gasteiger partial charge in [-0.2, -0.15) is 0 Å². The van der Waals surface area contributed by atoms with Gasteiger partial charge in [0.1, 0.15) is 6.33 Å². The molecule has 28 heavy (non-hydrogen) atoms. The largest absolute Gasteiger partial charge is 0.324 e. The molecule has 0 radical (unpaired) electrons. The number of hydrogen-bond donors (Lipinski definition) is 1. The number of aryl methyl sites for hydroxylation is 2. The van der Waals surface area contributed by atoms with E-state index in [0.717, 1.165) is 16.8 Å². The molecular formula is C18H16ClN5O3S. The van der Waals surface area contributed by atoms with Crippen LogP contribution in [0.25, 0.3) is 5.69 Å². The van der Waals surface area contributed by atoms with Crippen LogP contribution in [0.5, 0.6) is 0 Å². The number of hydrogen-bond acceptors (Lipinski definition) is 6. The topological polar surface area (TPSA) is 103 Å². The van der Waals surface area contributed by atoms with Crippen molar-refractivity contribution < 1.29 is 9.72 Å². The number of carbonyl (C=O) groups is 1. The van der Waals surface area contributed by atoms with Crippen LogP contribution in [-0.2, 0) is 4.79 Å². The number of benzene rings is 2. The van der Waals surface area contributed by atoms with Crippen molar-refractivity contribution in [1.82, 2.24) is 14.8 Å². The first-order valence-corrected chi connectivity index (χ1v) is 9.56. The van der Waals surface area contributed by atoms with Gasteiger partial charge in [0.25, 0.3) is 5.69 Å². The Morgan fingerprint density at radius 3 is 2.75 bits per heavy atom. The Morgan fingerprint density at radius 2 is 2.07 bits per heavy atom. The van der Waals surface area contributed by atoms with E-state index < -0.39 is 4.92 Å². The summed E-state index contributed by atoms with van der Waals surface area (Å²) in [7, 11) is 0. The van der Waals surface area contributed by atoms with Gasteiger partial charge in [-0.1, -0.05) is 41.1 Å². The predicted octanol–water partition coefficient (Wildman–Crippen LogP) is 4.18. The highest BCUT2D eigenvalue weighted by molar-refractivity contribution is 7.99. The maximum Gasteiger partial charge on any atom is 0.271 e. The summed E-state index contributed by atoms with van der Waals surface area (Å²) in [6.45, 7) is 4.02. The van der Waals surface area contributed by atoms with Gasteiger partial charge in [0.05, 0.1) is 27.1 Å². The van der Waals surface area contributed by atoms with Gasteiger partial charge < -0.3 is 5.32 Å². The third kappa shape index (κ3) is 4.49. The monoisotopic (exact) mass is 417 g/mol. The highest BCUT2D eigenvalue weighted by Crippen LogP contribution is 2.27. The number of aromatic nitrogens is 3. The lowest BCUT2D eigenvalue weighted by Gasteiger charge is -2.10. The molecule has 0 aliphatic carbocycles. The van der Waals surface area contributed by atoms with Crippen molar-refractivity contribution >= 4 is 40.6 Å².